The number of esters is 1. The highest BCUT2D eigenvalue weighted by molar-refractivity contribution is 5.99. The Labute approximate surface area is 121 Å². The van der Waals surface area contributed by atoms with Gasteiger partial charge >= 0.3 is 12.0 Å². The summed E-state index contributed by atoms with van der Waals surface area (Å²) in [5.41, 5.74) is 4.90. The van der Waals surface area contributed by atoms with Crippen LogP contribution < -0.4 is 20.5 Å². The van der Waals surface area contributed by atoms with Crippen LogP contribution in [0.15, 0.2) is 18.2 Å². The zero-order chi connectivity index (χ0) is 16.0. The third kappa shape index (κ3) is 4.10. The van der Waals surface area contributed by atoms with Crippen LogP contribution in [0.25, 0.3) is 0 Å². The number of nitrogens with one attached hydrogen (secondary N) is 1. The first kappa shape index (κ1) is 16.3. The number of rotatable bonds is 5. The minimum Gasteiger partial charge on any atom is -0.493 e. The van der Waals surface area contributed by atoms with E-state index in [1.54, 1.807) is 12.1 Å². The summed E-state index contributed by atoms with van der Waals surface area (Å²) in [6.07, 6.45) is -1.19. The van der Waals surface area contributed by atoms with Crippen LogP contribution >= 0.6 is 0 Å². The molecule has 21 heavy (non-hydrogen) atoms. The summed E-state index contributed by atoms with van der Waals surface area (Å²) in [6, 6.07) is 3.62. The molecule has 0 saturated heterocycles. The molecule has 0 radical (unpaired) electrons. The van der Waals surface area contributed by atoms with Gasteiger partial charge in [-0.3, -0.25) is 10.1 Å². The number of hydrogen-bond donors (Lipinski definition) is 2. The van der Waals surface area contributed by atoms with Crippen molar-refractivity contribution >= 4 is 17.9 Å². The normalized spacial score (nSPS) is 11.2. The lowest BCUT2D eigenvalue weighted by molar-refractivity contribution is -0.127. The Balaban J connectivity index is 2.89. The largest absolute Gasteiger partial charge is 0.493 e. The van der Waals surface area contributed by atoms with Gasteiger partial charge in [0.1, 0.15) is 5.56 Å². The van der Waals surface area contributed by atoms with Gasteiger partial charge in [-0.05, 0) is 19.1 Å². The van der Waals surface area contributed by atoms with E-state index in [9.17, 15) is 14.4 Å². The molecule has 8 heteroatoms. The van der Waals surface area contributed by atoms with Gasteiger partial charge in [0.15, 0.2) is 17.6 Å². The first-order valence-electron chi connectivity index (χ1n) is 5.93. The number of methoxy groups -OCH3 is 2. The molecule has 3 N–H and O–H groups in total. The lowest BCUT2D eigenvalue weighted by Crippen LogP contribution is -2.42. The number of carbonyl (C=O) groups is 3. The van der Waals surface area contributed by atoms with Crippen LogP contribution in [0.1, 0.15) is 17.3 Å². The number of benzene rings is 1. The van der Waals surface area contributed by atoms with Gasteiger partial charge < -0.3 is 19.9 Å². The van der Waals surface area contributed by atoms with Crippen molar-refractivity contribution in [3.63, 3.8) is 0 Å². The van der Waals surface area contributed by atoms with E-state index in [0.29, 0.717) is 5.75 Å². The fourth-order valence-electron chi connectivity index (χ4n) is 1.55. The molecular formula is C13H16N2O6. The topological polar surface area (TPSA) is 117 Å². The maximum Gasteiger partial charge on any atom is 0.342 e. The standard InChI is InChI=1S/C13H16N2O6/c1-7(11(16)15-13(14)18)21-12(17)8-5-4-6-9(19-2)10(8)20-3/h4-7H,1-3H3,(H3,14,15,16,18). The second-order valence-electron chi connectivity index (χ2n) is 3.94. The van der Waals surface area contributed by atoms with Gasteiger partial charge in [-0.25, -0.2) is 9.59 Å². The summed E-state index contributed by atoms with van der Waals surface area (Å²) >= 11 is 0. The highest BCUT2D eigenvalue weighted by Gasteiger charge is 2.23. The van der Waals surface area contributed by atoms with Gasteiger partial charge in [-0.2, -0.15) is 0 Å². The molecule has 1 aromatic rings. The molecule has 0 saturated carbocycles. The molecule has 0 aliphatic carbocycles. The van der Waals surface area contributed by atoms with Gasteiger partial charge in [0.05, 0.1) is 14.2 Å². The fourth-order valence-corrected chi connectivity index (χ4v) is 1.55. The van der Waals surface area contributed by atoms with Crippen LogP contribution in [0.2, 0.25) is 0 Å². The molecule has 0 aliphatic rings. The van der Waals surface area contributed by atoms with E-state index in [-0.39, 0.29) is 11.3 Å². The van der Waals surface area contributed by atoms with Crippen LogP contribution in [0.3, 0.4) is 0 Å². The van der Waals surface area contributed by atoms with Crippen LogP contribution in [-0.2, 0) is 9.53 Å². The summed E-state index contributed by atoms with van der Waals surface area (Å²) in [4.78, 5) is 34.1. The number of hydrogen-bond acceptors (Lipinski definition) is 6. The second-order valence-corrected chi connectivity index (χ2v) is 3.94. The first-order valence-corrected chi connectivity index (χ1v) is 5.93. The first-order chi connectivity index (χ1) is 9.90. The molecule has 1 atom stereocenters. The predicted octanol–water partition coefficient (Wildman–Crippen LogP) is 0.444. The van der Waals surface area contributed by atoms with Crippen molar-refractivity contribution in [2.45, 2.75) is 13.0 Å². The molecule has 3 amide bonds. The van der Waals surface area contributed by atoms with Crippen LogP contribution in [0.4, 0.5) is 4.79 Å². The van der Waals surface area contributed by atoms with E-state index in [2.05, 4.69) is 0 Å². The number of carbonyl (C=O) groups excluding carboxylic acids is 3. The fraction of sp³-hybridized carbons (Fsp3) is 0.308. The Morgan fingerprint density at radius 1 is 1.19 bits per heavy atom. The molecule has 0 bridgehead atoms. The van der Waals surface area contributed by atoms with Crippen molar-refractivity contribution < 1.29 is 28.6 Å². The zero-order valence-electron chi connectivity index (χ0n) is 11.8. The van der Waals surface area contributed by atoms with Gasteiger partial charge in [-0.1, -0.05) is 6.07 Å². The summed E-state index contributed by atoms with van der Waals surface area (Å²) in [5.74, 6) is -1.08. The van der Waals surface area contributed by atoms with E-state index in [0.717, 1.165) is 0 Å². The lowest BCUT2D eigenvalue weighted by Gasteiger charge is -2.15. The van der Waals surface area contributed by atoms with E-state index < -0.39 is 24.0 Å². The number of urea groups is 1. The third-order valence-electron chi connectivity index (χ3n) is 2.52. The molecule has 0 fully saturated rings. The van der Waals surface area contributed by atoms with Crippen LogP contribution in [0.5, 0.6) is 11.5 Å². The minimum absolute atomic E-state index is 0.0931. The second kappa shape index (κ2) is 7.13. The molecule has 0 aliphatic heterocycles. The molecule has 1 aromatic carbocycles. The maximum atomic E-state index is 12.0. The van der Waals surface area contributed by atoms with Gasteiger partial charge in [-0.15, -0.1) is 0 Å². The molecule has 1 rings (SSSR count). The Morgan fingerprint density at radius 2 is 1.86 bits per heavy atom. The average Bonchev–Trinajstić information content (AvgIpc) is 2.45. The van der Waals surface area contributed by atoms with E-state index in [1.165, 1.54) is 27.2 Å². The predicted molar refractivity (Wildman–Crippen MR) is 72.1 cm³/mol. The molecule has 0 heterocycles. The quantitative estimate of drug-likeness (QED) is 0.762. The van der Waals surface area contributed by atoms with Gasteiger partial charge in [0, 0.05) is 0 Å². The van der Waals surface area contributed by atoms with E-state index >= 15 is 0 Å². The van der Waals surface area contributed by atoms with E-state index in [1.807, 2.05) is 5.32 Å². The number of ether oxygens (including phenoxy) is 3. The molecule has 114 valence electrons. The van der Waals surface area contributed by atoms with Gasteiger partial charge in [0.2, 0.25) is 0 Å². The highest BCUT2D eigenvalue weighted by Crippen LogP contribution is 2.31. The molecule has 1 unspecified atom stereocenters. The third-order valence-corrected chi connectivity index (χ3v) is 2.52. The Kier molecular flexibility index (Phi) is 5.53. The van der Waals surface area contributed by atoms with Crippen molar-refractivity contribution in [1.29, 1.82) is 0 Å². The SMILES string of the molecule is COc1cccc(C(=O)OC(C)C(=O)NC(N)=O)c1OC. The van der Waals surface area contributed by atoms with Crippen LogP contribution in [-0.4, -0.2) is 38.2 Å². The molecular weight excluding hydrogens is 280 g/mol. The summed E-state index contributed by atoms with van der Waals surface area (Å²) in [7, 11) is 2.80. The van der Waals surface area contributed by atoms with Crippen molar-refractivity contribution in [3.8, 4) is 11.5 Å². The summed E-state index contributed by atoms with van der Waals surface area (Å²) < 4.78 is 15.1. The number of nitrogens with two attached hydrogens (primary N) is 1. The number of imide groups is 1. The smallest absolute Gasteiger partial charge is 0.342 e. The Bertz CT molecular complexity index is 558. The Hall–Kier alpha value is -2.77. The number of primary amides is 1. The molecule has 8 nitrogen and oxygen atoms in total. The maximum absolute atomic E-state index is 12.0. The highest BCUT2D eigenvalue weighted by atomic mass is 16.6. The Morgan fingerprint density at radius 3 is 2.38 bits per heavy atom. The number of para-hydroxylation sites is 1. The van der Waals surface area contributed by atoms with Gasteiger partial charge in [0.25, 0.3) is 5.91 Å². The zero-order valence-corrected chi connectivity index (χ0v) is 11.8. The van der Waals surface area contributed by atoms with Crippen molar-refractivity contribution in [2.75, 3.05) is 14.2 Å². The van der Waals surface area contributed by atoms with Crippen molar-refractivity contribution in [2.24, 2.45) is 5.73 Å². The summed E-state index contributed by atoms with van der Waals surface area (Å²) in [6.45, 7) is 1.31. The van der Waals surface area contributed by atoms with Crippen molar-refractivity contribution in [3.05, 3.63) is 23.8 Å². The van der Waals surface area contributed by atoms with Crippen molar-refractivity contribution in [1.82, 2.24) is 5.32 Å². The summed E-state index contributed by atoms with van der Waals surface area (Å²) in [5, 5.41) is 1.82. The molecule has 0 aromatic heterocycles. The minimum atomic E-state index is -1.19. The lowest BCUT2D eigenvalue weighted by atomic mass is 10.2. The molecule has 0 spiro atoms. The van der Waals surface area contributed by atoms with Crippen LogP contribution in [0, 0.1) is 0 Å². The number of amides is 3. The van der Waals surface area contributed by atoms with E-state index in [4.69, 9.17) is 19.9 Å². The average molecular weight is 296 g/mol. The monoisotopic (exact) mass is 296 g/mol.